The molecule has 3 nitrogen and oxygen atoms in total. The summed E-state index contributed by atoms with van der Waals surface area (Å²) in [5.41, 5.74) is 1.31. The Morgan fingerprint density at radius 3 is 2.67 bits per heavy atom. The molecule has 0 spiro atoms. The lowest BCUT2D eigenvalue weighted by atomic mass is 9.91. The first kappa shape index (κ1) is 16.3. The van der Waals surface area contributed by atoms with Gasteiger partial charge in [0.1, 0.15) is 12.4 Å². The van der Waals surface area contributed by atoms with Gasteiger partial charge in [-0.1, -0.05) is 38.0 Å². The van der Waals surface area contributed by atoms with Gasteiger partial charge in [0.2, 0.25) is 0 Å². The predicted molar refractivity (Wildman–Crippen MR) is 86.8 cm³/mol. The zero-order valence-corrected chi connectivity index (χ0v) is 13.4. The van der Waals surface area contributed by atoms with Crippen molar-refractivity contribution in [1.82, 2.24) is 5.32 Å². The zero-order valence-electron chi connectivity index (χ0n) is 13.4. The summed E-state index contributed by atoms with van der Waals surface area (Å²) in [4.78, 5) is 0. The molecule has 0 heterocycles. The maximum atomic E-state index is 5.93. The third-order valence-electron chi connectivity index (χ3n) is 4.28. The normalized spacial score (nSPS) is 17.0. The summed E-state index contributed by atoms with van der Waals surface area (Å²) in [7, 11) is 1.71. The van der Waals surface area contributed by atoms with Crippen molar-refractivity contribution in [3.8, 4) is 5.75 Å². The Balaban J connectivity index is 2.13. The Bertz CT molecular complexity index is 402. The van der Waals surface area contributed by atoms with Crippen molar-refractivity contribution in [2.24, 2.45) is 5.92 Å². The lowest BCUT2D eigenvalue weighted by Gasteiger charge is -2.27. The second-order valence-corrected chi connectivity index (χ2v) is 5.86. The van der Waals surface area contributed by atoms with Gasteiger partial charge in [-0.25, -0.2) is 0 Å². The zero-order chi connectivity index (χ0) is 14.9. The van der Waals surface area contributed by atoms with Crippen LogP contribution in [-0.2, 0) is 4.74 Å². The maximum absolute atomic E-state index is 5.93. The number of hydrogen-bond donors (Lipinski definition) is 1. The van der Waals surface area contributed by atoms with Crippen molar-refractivity contribution in [2.75, 3.05) is 26.9 Å². The van der Waals surface area contributed by atoms with E-state index in [1.165, 1.54) is 31.2 Å². The third-order valence-corrected chi connectivity index (χ3v) is 4.28. The molecule has 0 amide bonds. The highest BCUT2D eigenvalue weighted by Crippen LogP contribution is 2.38. The topological polar surface area (TPSA) is 30.5 Å². The average Bonchev–Trinajstić information content (AvgIpc) is 3.03. The summed E-state index contributed by atoms with van der Waals surface area (Å²) in [6.45, 7) is 4.52. The molecule has 3 heteroatoms. The van der Waals surface area contributed by atoms with E-state index in [4.69, 9.17) is 9.47 Å². The van der Waals surface area contributed by atoms with Gasteiger partial charge in [-0.2, -0.15) is 0 Å². The number of hydrogen-bond acceptors (Lipinski definition) is 3. The van der Waals surface area contributed by atoms with E-state index in [0.717, 1.165) is 24.6 Å². The van der Waals surface area contributed by atoms with E-state index in [9.17, 15) is 0 Å². The quantitative estimate of drug-likeness (QED) is 0.699. The molecular formula is C18H29NO2. The number of methoxy groups -OCH3 is 1. The van der Waals surface area contributed by atoms with Crippen LogP contribution in [0, 0.1) is 5.92 Å². The number of nitrogens with one attached hydrogen (secondary N) is 1. The summed E-state index contributed by atoms with van der Waals surface area (Å²) >= 11 is 0. The molecule has 1 atom stereocenters. The highest BCUT2D eigenvalue weighted by Gasteiger charge is 2.27. The molecule has 1 aliphatic carbocycles. The van der Waals surface area contributed by atoms with Gasteiger partial charge >= 0.3 is 0 Å². The molecular weight excluding hydrogens is 262 g/mol. The number of rotatable bonds is 9. The maximum Gasteiger partial charge on any atom is 0.124 e. The van der Waals surface area contributed by atoms with E-state index in [0.29, 0.717) is 19.3 Å². The average molecular weight is 291 g/mol. The molecule has 2 rings (SSSR count). The lowest BCUT2D eigenvalue weighted by molar-refractivity contribution is 0.145. The largest absolute Gasteiger partial charge is 0.491 e. The Labute approximate surface area is 129 Å². The molecule has 1 N–H and O–H groups in total. The van der Waals surface area contributed by atoms with Crippen molar-refractivity contribution in [3.63, 3.8) is 0 Å². The van der Waals surface area contributed by atoms with Gasteiger partial charge in [-0.3, -0.25) is 0 Å². The van der Waals surface area contributed by atoms with Crippen molar-refractivity contribution in [2.45, 2.75) is 45.1 Å². The van der Waals surface area contributed by atoms with Crippen LogP contribution in [0.25, 0.3) is 0 Å². The minimum Gasteiger partial charge on any atom is -0.491 e. The van der Waals surface area contributed by atoms with Gasteiger partial charge in [-0.05, 0) is 37.8 Å². The third kappa shape index (κ3) is 4.72. The van der Waals surface area contributed by atoms with Gasteiger partial charge in [0.05, 0.1) is 6.61 Å². The Morgan fingerprint density at radius 2 is 1.95 bits per heavy atom. The molecule has 1 fully saturated rings. The second-order valence-electron chi connectivity index (χ2n) is 5.86. The van der Waals surface area contributed by atoms with E-state index in [2.05, 4.69) is 36.5 Å². The van der Waals surface area contributed by atoms with E-state index < -0.39 is 0 Å². The van der Waals surface area contributed by atoms with Gasteiger partial charge in [-0.15, -0.1) is 0 Å². The van der Waals surface area contributed by atoms with Crippen molar-refractivity contribution in [3.05, 3.63) is 29.8 Å². The fraction of sp³-hybridized carbons (Fsp3) is 0.667. The van der Waals surface area contributed by atoms with Crippen LogP contribution >= 0.6 is 0 Å². The van der Waals surface area contributed by atoms with Crippen LogP contribution < -0.4 is 10.1 Å². The van der Waals surface area contributed by atoms with Crippen LogP contribution in [0.1, 0.15) is 50.6 Å². The summed E-state index contributed by atoms with van der Waals surface area (Å²) in [5, 5.41) is 3.75. The number of para-hydroxylation sites is 1. The Morgan fingerprint density at radius 1 is 1.19 bits per heavy atom. The molecule has 1 saturated carbocycles. The van der Waals surface area contributed by atoms with E-state index in [1.54, 1.807) is 7.11 Å². The van der Waals surface area contributed by atoms with Crippen LogP contribution in [0.2, 0.25) is 0 Å². The molecule has 0 radical (unpaired) electrons. The van der Waals surface area contributed by atoms with Gasteiger partial charge < -0.3 is 14.8 Å². The first-order valence-corrected chi connectivity index (χ1v) is 8.30. The molecule has 0 bridgehead atoms. The highest BCUT2D eigenvalue weighted by molar-refractivity contribution is 5.36. The SMILES string of the molecule is CCCNC(c1ccccc1OCCOC)C1CCCC1. The van der Waals surface area contributed by atoms with Crippen molar-refractivity contribution in [1.29, 1.82) is 0 Å². The molecule has 0 aliphatic heterocycles. The highest BCUT2D eigenvalue weighted by atomic mass is 16.5. The monoisotopic (exact) mass is 291 g/mol. The summed E-state index contributed by atoms with van der Waals surface area (Å²) < 4.78 is 11.0. The molecule has 1 aromatic rings. The summed E-state index contributed by atoms with van der Waals surface area (Å²) in [5.74, 6) is 1.75. The van der Waals surface area contributed by atoms with Gasteiger partial charge in [0.15, 0.2) is 0 Å². The molecule has 1 aromatic carbocycles. The number of ether oxygens (including phenoxy) is 2. The van der Waals surface area contributed by atoms with Crippen LogP contribution in [0.5, 0.6) is 5.75 Å². The van der Waals surface area contributed by atoms with E-state index >= 15 is 0 Å². The second kappa shape index (κ2) is 9.06. The predicted octanol–water partition coefficient (Wildman–Crippen LogP) is 3.94. The van der Waals surface area contributed by atoms with Crippen LogP contribution in [0.3, 0.4) is 0 Å². The Kier molecular flexibility index (Phi) is 7.04. The van der Waals surface area contributed by atoms with Crippen LogP contribution in [0.4, 0.5) is 0 Å². The molecule has 0 saturated heterocycles. The summed E-state index contributed by atoms with van der Waals surface area (Å²) in [6, 6.07) is 8.89. The van der Waals surface area contributed by atoms with Crippen LogP contribution in [-0.4, -0.2) is 26.9 Å². The lowest BCUT2D eigenvalue weighted by Crippen LogP contribution is -2.28. The van der Waals surface area contributed by atoms with Gasteiger partial charge in [0.25, 0.3) is 0 Å². The van der Waals surface area contributed by atoms with Crippen molar-refractivity contribution < 1.29 is 9.47 Å². The first-order chi connectivity index (χ1) is 10.4. The number of benzene rings is 1. The van der Waals surface area contributed by atoms with Crippen molar-refractivity contribution >= 4 is 0 Å². The summed E-state index contributed by atoms with van der Waals surface area (Å²) in [6.07, 6.45) is 6.54. The fourth-order valence-electron chi connectivity index (χ4n) is 3.22. The minimum atomic E-state index is 0.422. The molecule has 1 unspecified atom stereocenters. The smallest absolute Gasteiger partial charge is 0.124 e. The van der Waals surface area contributed by atoms with E-state index in [-0.39, 0.29) is 0 Å². The molecule has 0 aromatic heterocycles. The van der Waals surface area contributed by atoms with E-state index in [1.807, 2.05) is 0 Å². The first-order valence-electron chi connectivity index (χ1n) is 8.30. The molecule has 118 valence electrons. The molecule has 21 heavy (non-hydrogen) atoms. The molecule has 1 aliphatic rings. The fourth-order valence-corrected chi connectivity index (χ4v) is 3.22. The minimum absolute atomic E-state index is 0.422. The van der Waals surface area contributed by atoms with Crippen LogP contribution in [0.15, 0.2) is 24.3 Å². The van der Waals surface area contributed by atoms with Gasteiger partial charge in [0, 0.05) is 18.7 Å². The standard InChI is InChI=1S/C18H29NO2/c1-3-12-19-18(15-8-4-5-9-15)16-10-6-7-11-17(16)21-14-13-20-2/h6-7,10-11,15,18-19H,3-5,8-9,12-14H2,1-2H3. The Hall–Kier alpha value is -1.06.